The third-order valence-corrected chi connectivity index (χ3v) is 5.48. The quantitative estimate of drug-likeness (QED) is 0.511. The topological polar surface area (TPSA) is 73.9 Å². The van der Waals surface area contributed by atoms with Gasteiger partial charge in [-0.2, -0.15) is 0 Å². The Hall–Kier alpha value is -2.51. The summed E-state index contributed by atoms with van der Waals surface area (Å²) in [5, 5.41) is 2.53. The first-order valence-electron chi connectivity index (χ1n) is 9.85. The van der Waals surface area contributed by atoms with E-state index in [-0.39, 0.29) is 51.1 Å². The number of methoxy groups -OCH3 is 1. The zero-order chi connectivity index (χ0) is 22.5. The average Bonchev–Trinajstić information content (AvgIpc) is 3.24. The zero-order valence-electron chi connectivity index (χ0n) is 17.1. The minimum atomic E-state index is -0.788. The van der Waals surface area contributed by atoms with Crippen LogP contribution >= 0.6 is 23.2 Å². The Morgan fingerprint density at radius 3 is 2.32 bits per heavy atom. The van der Waals surface area contributed by atoms with Gasteiger partial charge < -0.3 is 19.5 Å². The van der Waals surface area contributed by atoms with E-state index < -0.39 is 17.7 Å². The summed E-state index contributed by atoms with van der Waals surface area (Å²) in [6.45, 7) is 1.86. The second kappa shape index (κ2) is 10.2. The van der Waals surface area contributed by atoms with Crippen LogP contribution in [0.1, 0.15) is 53.3 Å². The molecule has 2 aromatic rings. The molecule has 1 saturated carbocycles. The standard InChI is InChI=1S/C22H22Cl2FNO5/c1-3-30-22(28)12-8-15(23)20(16(24)9-12)26-21(27)14-10-19(18(29-2)11-17(14)25)31-13-6-4-5-7-13/h8-11,13H,3-7H2,1-2H3,(H,26,27). The number of anilines is 1. The first-order valence-corrected chi connectivity index (χ1v) is 10.6. The van der Waals surface area contributed by atoms with Gasteiger partial charge in [-0.25, -0.2) is 9.18 Å². The first kappa shape index (κ1) is 23.2. The number of hydrogen-bond acceptors (Lipinski definition) is 5. The van der Waals surface area contributed by atoms with E-state index in [1.54, 1.807) is 6.92 Å². The van der Waals surface area contributed by atoms with Crippen LogP contribution in [0.15, 0.2) is 24.3 Å². The molecule has 0 saturated heterocycles. The lowest BCUT2D eigenvalue weighted by Crippen LogP contribution is -2.17. The normalized spacial score (nSPS) is 13.7. The maximum atomic E-state index is 14.6. The van der Waals surface area contributed by atoms with Crippen LogP contribution in [0.5, 0.6) is 11.5 Å². The van der Waals surface area contributed by atoms with E-state index in [1.165, 1.54) is 25.3 Å². The van der Waals surface area contributed by atoms with Crippen molar-refractivity contribution in [3.63, 3.8) is 0 Å². The van der Waals surface area contributed by atoms with Crippen molar-refractivity contribution in [2.75, 3.05) is 19.0 Å². The van der Waals surface area contributed by atoms with Crippen LogP contribution in [0.2, 0.25) is 10.0 Å². The third-order valence-electron chi connectivity index (χ3n) is 4.89. The number of carbonyl (C=O) groups is 2. The van der Waals surface area contributed by atoms with Crippen LogP contribution in [0.25, 0.3) is 0 Å². The highest BCUT2D eigenvalue weighted by atomic mass is 35.5. The summed E-state index contributed by atoms with van der Waals surface area (Å²) < 4.78 is 30.7. The maximum Gasteiger partial charge on any atom is 0.338 e. The zero-order valence-corrected chi connectivity index (χ0v) is 18.6. The Bertz CT molecular complexity index is 969. The predicted octanol–water partition coefficient (Wildman–Crippen LogP) is 5.89. The fraction of sp³-hybridized carbons (Fsp3) is 0.364. The van der Waals surface area contributed by atoms with Gasteiger partial charge >= 0.3 is 5.97 Å². The molecule has 1 amide bonds. The molecule has 1 fully saturated rings. The molecule has 9 heteroatoms. The number of carbonyl (C=O) groups excluding carboxylic acids is 2. The summed E-state index contributed by atoms with van der Waals surface area (Å²) in [4.78, 5) is 24.7. The van der Waals surface area contributed by atoms with Gasteiger partial charge in [-0.3, -0.25) is 4.79 Å². The van der Waals surface area contributed by atoms with Crippen LogP contribution in [-0.2, 0) is 4.74 Å². The van der Waals surface area contributed by atoms with Gasteiger partial charge in [-0.15, -0.1) is 0 Å². The molecule has 0 radical (unpaired) electrons. The number of hydrogen-bond donors (Lipinski definition) is 1. The van der Waals surface area contributed by atoms with Crippen LogP contribution < -0.4 is 14.8 Å². The van der Waals surface area contributed by atoms with Crippen molar-refractivity contribution in [2.45, 2.75) is 38.7 Å². The number of nitrogens with one attached hydrogen (secondary N) is 1. The Morgan fingerprint density at radius 2 is 1.74 bits per heavy atom. The maximum absolute atomic E-state index is 14.6. The second-order valence-corrected chi connectivity index (χ2v) is 7.81. The minimum Gasteiger partial charge on any atom is -0.493 e. The summed E-state index contributed by atoms with van der Waals surface area (Å²) >= 11 is 12.4. The molecule has 6 nitrogen and oxygen atoms in total. The van der Waals surface area contributed by atoms with Crippen LogP contribution in [-0.4, -0.2) is 31.7 Å². The number of amides is 1. The highest BCUT2D eigenvalue weighted by molar-refractivity contribution is 6.40. The Morgan fingerprint density at radius 1 is 1.10 bits per heavy atom. The summed E-state index contributed by atoms with van der Waals surface area (Å²) in [6.07, 6.45) is 3.88. The smallest absolute Gasteiger partial charge is 0.338 e. The summed E-state index contributed by atoms with van der Waals surface area (Å²) in [5.41, 5.74) is -0.0667. The molecular formula is C22H22Cl2FNO5. The highest BCUT2D eigenvalue weighted by Crippen LogP contribution is 2.36. The van der Waals surface area contributed by atoms with E-state index in [9.17, 15) is 14.0 Å². The van der Waals surface area contributed by atoms with Gasteiger partial charge in [-0.05, 0) is 50.8 Å². The Balaban J connectivity index is 1.86. The highest BCUT2D eigenvalue weighted by Gasteiger charge is 2.23. The van der Waals surface area contributed by atoms with Crippen molar-refractivity contribution in [1.29, 1.82) is 0 Å². The molecule has 0 aliphatic heterocycles. The first-order chi connectivity index (χ1) is 14.8. The van der Waals surface area contributed by atoms with Gasteiger partial charge in [0, 0.05) is 6.07 Å². The van der Waals surface area contributed by atoms with Crippen LogP contribution in [0.3, 0.4) is 0 Å². The molecule has 0 spiro atoms. The summed E-state index contributed by atoms with van der Waals surface area (Å²) in [5.74, 6) is -1.67. The molecule has 1 aliphatic rings. The van der Waals surface area contributed by atoms with Crippen LogP contribution in [0.4, 0.5) is 10.1 Å². The largest absolute Gasteiger partial charge is 0.493 e. The minimum absolute atomic E-state index is 0.00502. The van der Waals surface area contributed by atoms with E-state index in [4.69, 9.17) is 37.4 Å². The van der Waals surface area contributed by atoms with Crippen molar-refractivity contribution in [3.8, 4) is 11.5 Å². The molecule has 0 unspecified atom stereocenters. The van der Waals surface area contributed by atoms with Gasteiger partial charge in [0.1, 0.15) is 5.82 Å². The summed E-state index contributed by atoms with van der Waals surface area (Å²) in [6, 6.07) is 5.04. The van der Waals surface area contributed by atoms with Gasteiger partial charge in [0.15, 0.2) is 11.5 Å². The van der Waals surface area contributed by atoms with Crippen molar-refractivity contribution in [1.82, 2.24) is 0 Å². The fourth-order valence-corrected chi connectivity index (χ4v) is 3.93. The van der Waals surface area contributed by atoms with Gasteiger partial charge in [0.05, 0.1) is 46.7 Å². The number of ether oxygens (including phenoxy) is 3. The Labute approximate surface area is 189 Å². The molecule has 1 N–H and O–H groups in total. The van der Waals surface area contributed by atoms with Gasteiger partial charge in [-0.1, -0.05) is 23.2 Å². The van der Waals surface area contributed by atoms with Crippen molar-refractivity contribution >= 4 is 40.8 Å². The van der Waals surface area contributed by atoms with E-state index in [2.05, 4.69) is 5.32 Å². The molecule has 31 heavy (non-hydrogen) atoms. The SMILES string of the molecule is CCOC(=O)c1cc(Cl)c(NC(=O)c2cc(OC3CCCC3)c(OC)cc2F)c(Cl)c1. The monoisotopic (exact) mass is 469 g/mol. The van der Waals surface area contributed by atoms with Crippen molar-refractivity contribution in [2.24, 2.45) is 0 Å². The number of rotatable bonds is 7. The molecule has 0 bridgehead atoms. The molecular weight excluding hydrogens is 448 g/mol. The average molecular weight is 470 g/mol. The van der Waals surface area contributed by atoms with Gasteiger partial charge in [0.2, 0.25) is 0 Å². The second-order valence-electron chi connectivity index (χ2n) is 7.00. The van der Waals surface area contributed by atoms with E-state index in [0.29, 0.717) is 0 Å². The molecule has 0 atom stereocenters. The number of esters is 1. The lowest BCUT2D eigenvalue weighted by molar-refractivity contribution is 0.0526. The molecule has 0 aromatic heterocycles. The molecule has 1 aliphatic carbocycles. The van der Waals surface area contributed by atoms with E-state index in [0.717, 1.165) is 31.7 Å². The van der Waals surface area contributed by atoms with E-state index in [1.807, 2.05) is 0 Å². The van der Waals surface area contributed by atoms with Gasteiger partial charge in [0.25, 0.3) is 5.91 Å². The van der Waals surface area contributed by atoms with Crippen LogP contribution in [0, 0.1) is 5.82 Å². The van der Waals surface area contributed by atoms with Crippen molar-refractivity contribution < 1.29 is 28.2 Å². The number of benzene rings is 2. The molecule has 0 heterocycles. The molecule has 2 aromatic carbocycles. The Kier molecular flexibility index (Phi) is 7.62. The predicted molar refractivity (Wildman–Crippen MR) is 116 cm³/mol. The van der Waals surface area contributed by atoms with E-state index >= 15 is 0 Å². The number of halogens is 3. The lowest BCUT2D eigenvalue weighted by atomic mass is 10.1. The third kappa shape index (κ3) is 5.40. The van der Waals surface area contributed by atoms with Crippen molar-refractivity contribution in [3.05, 3.63) is 51.3 Å². The summed E-state index contributed by atoms with van der Waals surface area (Å²) in [7, 11) is 1.40. The molecule has 166 valence electrons. The molecule has 3 rings (SSSR count). The fourth-order valence-electron chi connectivity index (χ4n) is 3.35. The lowest BCUT2D eigenvalue weighted by Gasteiger charge is -2.17.